The van der Waals surface area contributed by atoms with Crippen LogP contribution in [0.25, 0.3) is 0 Å². The van der Waals surface area contributed by atoms with E-state index in [0.29, 0.717) is 11.3 Å². The molecule has 0 saturated heterocycles. The van der Waals surface area contributed by atoms with Crippen molar-refractivity contribution < 1.29 is 14.3 Å². The third-order valence-electron chi connectivity index (χ3n) is 2.44. The molecule has 0 fully saturated rings. The highest BCUT2D eigenvalue weighted by molar-refractivity contribution is 6.07. The lowest BCUT2D eigenvalue weighted by Gasteiger charge is -2.04. The maximum absolute atomic E-state index is 11.9. The lowest BCUT2D eigenvalue weighted by atomic mass is 10.2. The minimum Gasteiger partial charge on any atom is -0.464 e. The molecule has 0 aliphatic rings. The Kier molecular flexibility index (Phi) is 3.56. The van der Waals surface area contributed by atoms with E-state index < -0.39 is 5.97 Å². The molecule has 1 amide bonds. The number of nitrogens with zero attached hydrogens (tertiary/aromatic N) is 2. The predicted octanol–water partition coefficient (Wildman–Crippen LogP) is 1.15. The Bertz CT molecular complexity index is 607. The minimum absolute atomic E-state index is 0.204. The molecule has 0 aliphatic carbocycles. The molecular formula is C12H12N4O3. The number of carbonyl (C=O) groups is 2. The van der Waals surface area contributed by atoms with Gasteiger partial charge < -0.3 is 15.0 Å². The van der Waals surface area contributed by atoms with Crippen LogP contribution in [0.1, 0.15) is 26.5 Å². The molecule has 2 aromatic heterocycles. The number of methoxy groups -OCH3 is 1. The van der Waals surface area contributed by atoms with Crippen molar-refractivity contribution in [1.29, 1.82) is 0 Å². The fourth-order valence-corrected chi connectivity index (χ4v) is 1.57. The van der Waals surface area contributed by atoms with Crippen molar-refractivity contribution in [2.45, 2.75) is 6.92 Å². The number of nitrogens with one attached hydrogen (secondary N) is 2. The standard InChI is InChI=1S/C12H12N4O3/c1-7-5-9(10(15-7)12(18)19-2)16-11(17)8-3-4-13-14-6-8/h3-6,15H,1-2H3,(H,16,17). The molecule has 2 rings (SSSR count). The van der Waals surface area contributed by atoms with Crippen molar-refractivity contribution in [1.82, 2.24) is 15.2 Å². The number of rotatable bonds is 3. The number of hydrogen-bond donors (Lipinski definition) is 2. The average molecular weight is 260 g/mol. The summed E-state index contributed by atoms with van der Waals surface area (Å²) in [6.07, 6.45) is 2.76. The molecule has 0 aliphatic heterocycles. The van der Waals surface area contributed by atoms with Crippen molar-refractivity contribution in [3.63, 3.8) is 0 Å². The number of hydrogen-bond acceptors (Lipinski definition) is 5. The first-order valence-corrected chi connectivity index (χ1v) is 5.48. The van der Waals surface area contributed by atoms with Gasteiger partial charge in [0, 0.05) is 5.69 Å². The summed E-state index contributed by atoms with van der Waals surface area (Å²) in [5.74, 6) is -0.921. The summed E-state index contributed by atoms with van der Waals surface area (Å²) in [7, 11) is 1.27. The summed E-state index contributed by atoms with van der Waals surface area (Å²) in [5.41, 5.74) is 1.66. The smallest absolute Gasteiger partial charge is 0.356 e. The van der Waals surface area contributed by atoms with E-state index in [9.17, 15) is 9.59 Å². The molecule has 2 N–H and O–H groups in total. The van der Waals surface area contributed by atoms with Gasteiger partial charge in [0.25, 0.3) is 5.91 Å². The van der Waals surface area contributed by atoms with Crippen LogP contribution in [0.2, 0.25) is 0 Å². The second kappa shape index (κ2) is 5.30. The summed E-state index contributed by atoms with van der Waals surface area (Å²) in [5, 5.41) is 9.83. The number of aromatic nitrogens is 3. The lowest BCUT2D eigenvalue weighted by molar-refractivity contribution is 0.0596. The van der Waals surface area contributed by atoms with E-state index in [4.69, 9.17) is 0 Å². The fraction of sp³-hybridized carbons (Fsp3) is 0.167. The van der Waals surface area contributed by atoms with Crippen LogP contribution >= 0.6 is 0 Å². The normalized spacial score (nSPS) is 10.0. The third kappa shape index (κ3) is 2.76. The number of carbonyl (C=O) groups excluding carboxylic acids is 2. The molecule has 2 heterocycles. The van der Waals surface area contributed by atoms with Gasteiger partial charge in [0.05, 0.1) is 30.8 Å². The molecule has 0 radical (unpaired) electrons. The molecule has 0 saturated carbocycles. The van der Waals surface area contributed by atoms with Crippen molar-refractivity contribution in [2.24, 2.45) is 0 Å². The maximum atomic E-state index is 11.9. The van der Waals surface area contributed by atoms with Gasteiger partial charge in [-0.1, -0.05) is 0 Å². The maximum Gasteiger partial charge on any atom is 0.356 e. The van der Waals surface area contributed by atoms with Gasteiger partial charge in [0.1, 0.15) is 5.69 Å². The Hall–Kier alpha value is -2.70. The van der Waals surface area contributed by atoms with Crippen molar-refractivity contribution >= 4 is 17.6 Å². The Labute approximate surface area is 109 Å². The van der Waals surface area contributed by atoms with E-state index in [0.717, 1.165) is 5.69 Å². The topological polar surface area (TPSA) is 97.0 Å². The summed E-state index contributed by atoms with van der Waals surface area (Å²) in [6.45, 7) is 1.77. The minimum atomic E-state index is -0.545. The Morgan fingerprint density at radius 2 is 2.16 bits per heavy atom. The zero-order chi connectivity index (χ0) is 13.8. The zero-order valence-electron chi connectivity index (χ0n) is 10.4. The third-order valence-corrected chi connectivity index (χ3v) is 2.44. The van der Waals surface area contributed by atoms with Gasteiger partial charge in [0.2, 0.25) is 0 Å². The number of H-pyrrole nitrogens is 1. The van der Waals surface area contributed by atoms with Crippen LogP contribution in [-0.4, -0.2) is 34.2 Å². The number of amides is 1. The second-order valence-corrected chi connectivity index (χ2v) is 3.82. The summed E-state index contributed by atoms with van der Waals surface area (Å²) in [6, 6.07) is 3.18. The van der Waals surface area contributed by atoms with E-state index in [-0.39, 0.29) is 11.6 Å². The van der Waals surface area contributed by atoms with Gasteiger partial charge in [-0.2, -0.15) is 10.2 Å². The highest BCUT2D eigenvalue weighted by Crippen LogP contribution is 2.18. The highest BCUT2D eigenvalue weighted by atomic mass is 16.5. The van der Waals surface area contributed by atoms with E-state index in [1.165, 1.54) is 25.6 Å². The van der Waals surface area contributed by atoms with Gasteiger partial charge in [-0.3, -0.25) is 4.79 Å². The van der Waals surface area contributed by atoms with Gasteiger partial charge in [-0.25, -0.2) is 4.79 Å². The Balaban J connectivity index is 2.24. The first kappa shape index (κ1) is 12.7. The first-order chi connectivity index (χ1) is 9.11. The van der Waals surface area contributed by atoms with Crippen molar-refractivity contribution in [3.8, 4) is 0 Å². The van der Waals surface area contributed by atoms with E-state index in [2.05, 4.69) is 25.2 Å². The van der Waals surface area contributed by atoms with E-state index >= 15 is 0 Å². The molecule has 0 aromatic carbocycles. The number of anilines is 1. The van der Waals surface area contributed by atoms with Gasteiger partial charge in [-0.15, -0.1) is 0 Å². The highest BCUT2D eigenvalue weighted by Gasteiger charge is 2.17. The van der Waals surface area contributed by atoms with Crippen LogP contribution < -0.4 is 5.32 Å². The van der Waals surface area contributed by atoms with Crippen molar-refractivity contribution in [3.05, 3.63) is 41.5 Å². The molecule has 19 heavy (non-hydrogen) atoms. The van der Waals surface area contributed by atoms with E-state index in [1.54, 1.807) is 13.0 Å². The quantitative estimate of drug-likeness (QED) is 0.807. The number of ether oxygens (including phenoxy) is 1. The molecular weight excluding hydrogens is 248 g/mol. The van der Waals surface area contributed by atoms with Crippen LogP contribution in [0, 0.1) is 6.92 Å². The zero-order valence-corrected chi connectivity index (χ0v) is 10.4. The SMILES string of the molecule is COC(=O)c1[nH]c(C)cc1NC(=O)c1ccnnc1. The molecule has 7 heteroatoms. The fourth-order valence-electron chi connectivity index (χ4n) is 1.57. The predicted molar refractivity (Wildman–Crippen MR) is 66.9 cm³/mol. The average Bonchev–Trinajstić information content (AvgIpc) is 2.79. The first-order valence-electron chi connectivity index (χ1n) is 5.48. The molecule has 0 unspecified atom stereocenters. The van der Waals surface area contributed by atoms with Crippen LogP contribution in [0.4, 0.5) is 5.69 Å². The number of aromatic amines is 1. The van der Waals surface area contributed by atoms with Crippen LogP contribution in [0.15, 0.2) is 24.5 Å². The van der Waals surface area contributed by atoms with Gasteiger partial charge in [-0.05, 0) is 19.1 Å². The Morgan fingerprint density at radius 1 is 1.37 bits per heavy atom. The van der Waals surface area contributed by atoms with E-state index in [1.807, 2.05) is 0 Å². The molecule has 7 nitrogen and oxygen atoms in total. The molecule has 2 aromatic rings. The number of aryl methyl sites for hydroxylation is 1. The largest absolute Gasteiger partial charge is 0.464 e. The van der Waals surface area contributed by atoms with Crippen LogP contribution in [0.5, 0.6) is 0 Å². The number of esters is 1. The molecule has 0 bridgehead atoms. The molecule has 0 spiro atoms. The van der Waals surface area contributed by atoms with Crippen molar-refractivity contribution in [2.75, 3.05) is 12.4 Å². The Morgan fingerprint density at radius 3 is 2.79 bits per heavy atom. The molecule has 98 valence electrons. The summed E-state index contributed by atoms with van der Waals surface area (Å²) in [4.78, 5) is 26.3. The van der Waals surface area contributed by atoms with Crippen LogP contribution in [-0.2, 0) is 4.74 Å². The summed E-state index contributed by atoms with van der Waals surface area (Å²) < 4.78 is 4.63. The van der Waals surface area contributed by atoms with Gasteiger partial charge in [0.15, 0.2) is 0 Å². The monoisotopic (exact) mass is 260 g/mol. The van der Waals surface area contributed by atoms with Crippen LogP contribution in [0.3, 0.4) is 0 Å². The lowest BCUT2D eigenvalue weighted by Crippen LogP contribution is -2.15. The second-order valence-electron chi connectivity index (χ2n) is 3.82. The molecule has 0 atom stereocenters. The summed E-state index contributed by atoms with van der Waals surface area (Å²) >= 11 is 0. The van der Waals surface area contributed by atoms with Gasteiger partial charge >= 0.3 is 5.97 Å².